The number of nitrogens with zero attached hydrogens (tertiary/aromatic N) is 1. The maximum atomic E-state index is 5.47. The lowest BCUT2D eigenvalue weighted by atomic mass is 9.84. The fraction of sp³-hybridized carbons (Fsp3) is 0.786. The zero-order valence-electron chi connectivity index (χ0n) is 11.0. The van der Waals surface area contributed by atoms with E-state index in [0.29, 0.717) is 6.04 Å². The lowest BCUT2D eigenvalue weighted by Gasteiger charge is -2.29. The second kappa shape index (κ2) is 3.98. The van der Waals surface area contributed by atoms with Crippen LogP contribution in [0.15, 0.2) is 0 Å². The third-order valence-corrected chi connectivity index (χ3v) is 5.54. The molecule has 17 heavy (non-hydrogen) atoms. The van der Waals surface area contributed by atoms with Crippen LogP contribution < -0.4 is 0 Å². The Hall–Kier alpha value is -0.570. The van der Waals surface area contributed by atoms with Gasteiger partial charge in [0.05, 0.1) is 0 Å². The molecule has 0 radical (unpaired) electrons. The first kappa shape index (κ1) is 11.5. The highest BCUT2D eigenvalue weighted by Gasteiger charge is 2.42. The van der Waals surface area contributed by atoms with Gasteiger partial charge in [0, 0.05) is 17.4 Å². The number of fused-ring (bicyclic) bond motifs is 2. The molecule has 0 saturated heterocycles. The molecule has 3 heteroatoms. The maximum Gasteiger partial charge on any atom is 0.177 e. The number of hydrogen-bond donors (Lipinski definition) is 1. The number of aryl methyl sites for hydroxylation is 1. The van der Waals surface area contributed by atoms with Crippen molar-refractivity contribution in [3.8, 4) is 0 Å². The Morgan fingerprint density at radius 2 is 2.06 bits per heavy atom. The molecule has 0 amide bonds. The van der Waals surface area contributed by atoms with Crippen LogP contribution in [0.4, 0.5) is 0 Å². The Morgan fingerprint density at radius 3 is 2.53 bits per heavy atom. The minimum atomic E-state index is 0.572. The summed E-state index contributed by atoms with van der Waals surface area (Å²) in [6.07, 6.45) is 5.84. The van der Waals surface area contributed by atoms with Gasteiger partial charge in [-0.1, -0.05) is 6.42 Å². The molecular formula is C14H22N2S. The second-order valence-electron chi connectivity index (χ2n) is 6.09. The molecule has 2 aliphatic carbocycles. The summed E-state index contributed by atoms with van der Waals surface area (Å²) < 4.78 is 3.27. The molecule has 0 aromatic carbocycles. The van der Waals surface area contributed by atoms with Gasteiger partial charge in [-0.25, -0.2) is 0 Å². The summed E-state index contributed by atoms with van der Waals surface area (Å²) in [7, 11) is 0. The van der Waals surface area contributed by atoms with Crippen molar-refractivity contribution in [3.05, 3.63) is 16.2 Å². The summed E-state index contributed by atoms with van der Waals surface area (Å²) >= 11 is 5.47. The summed E-state index contributed by atoms with van der Waals surface area (Å²) in [5.41, 5.74) is 2.55. The highest BCUT2D eigenvalue weighted by atomic mass is 32.1. The number of hydrogen-bond acceptors (Lipinski definition) is 1. The molecule has 3 rings (SSSR count). The number of nitrogens with one attached hydrogen (secondary N) is 1. The Morgan fingerprint density at radius 1 is 1.29 bits per heavy atom. The minimum Gasteiger partial charge on any atom is -0.335 e. The van der Waals surface area contributed by atoms with Crippen molar-refractivity contribution < 1.29 is 0 Å². The van der Waals surface area contributed by atoms with Crippen molar-refractivity contribution in [3.63, 3.8) is 0 Å². The predicted molar refractivity (Wildman–Crippen MR) is 72.7 cm³/mol. The van der Waals surface area contributed by atoms with Crippen molar-refractivity contribution in [1.29, 1.82) is 0 Å². The fourth-order valence-corrected chi connectivity index (χ4v) is 4.67. The third kappa shape index (κ3) is 1.70. The van der Waals surface area contributed by atoms with Crippen LogP contribution in [-0.2, 0) is 0 Å². The van der Waals surface area contributed by atoms with Gasteiger partial charge in [-0.05, 0) is 70.0 Å². The Bertz CT molecular complexity index is 485. The molecule has 1 heterocycles. The fourth-order valence-electron chi connectivity index (χ4n) is 4.21. The highest BCUT2D eigenvalue weighted by molar-refractivity contribution is 7.71. The van der Waals surface area contributed by atoms with Crippen LogP contribution in [-0.4, -0.2) is 9.55 Å². The summed E-state index contributed by atoms with van der Waals surface area (Å²) in [6, 6.07) is 0.572. The van der Waals surface area contributed by atoms with Gasteiger partial charge in [0.15, 0.2) is 4.77 Å². The average molecular weight is 250 g/mol. The molecule has 4 atom stereocenters. The van der Waals surface area contributed by atoms with Crippen LogP contribution in [0.2, 0.25) is 0 Å². The van der Waals surface area contributed by atoms with Crippen molar-refractivity contribution in [2.24, 2.45) is 17.8 Å². The molecule has 2 saturated carbocycles. The van der Waals surface area contributed by atoms with Crippen LogP contribution in [0.3, 0.4) is 0 Å². The second-order valence-corrected chi connectivity index (χ2v) is 6.48. The number of imidazole rings is 1. The summed E-state index contributed by atoms with van der Waals surface area (Å²) in [5, 5.41) is 0. The normalized spacial score (nSPS) is 33.2. The summed E-state index contributed by atoms with van der Waals surface area (Å²) in [4.78, 5) is 3.30. The van der Waals surface area contributed by atoms with Crippen LogP contribution in [0.25, 0.3) is 0 Å². The molecule has 2 bridgehead atoms. The predicted octanol–water partition coefficient (Wildman–Crippen LogP) is 4.16. The number of aromatic nitrogens is 2. The monoisotopic (exact) mass is 250 g/mol. The smallest absolute Gasteiger partial charge is 0.177 e. The Kier molecular flexibility index (Phi) is 2.69. The Labute approximate surface area is 108 Å². The van der Waals surface area contributed by atoms with Crippen LogP contribution >= 0.6 is 12.2 Å². The lowest BCUT2D eigenvalue weighted by Crippen LogP contribution is -2.22. The van der Waals surface area contributed by atoms with Crippen molar-refractivity contribution in [2.75, 3.05) is 0 Å². The van der Waals surface area contributed by atoms with E-state index in [-0.39, 0.29) is 0 Å². The van der Waals surface area contributed by atoms with E-state index in [4.69, 9.17) is 12.2 Å². The highest BCUT2D eigenvalue weighted by Crippen LogP contribution is 2.52. The molecule has 2 nitrogen and oxygen atoms in total. The van der Waals surface area contributed by atoms with E-state index in [0.717, 1.165) is 22.5 Å². The quantitative estimate of drug-likeness (QED) is 0.782. The minimum absolute atomic E-state index is 0.572. The number of aromatic amines is 1. The maximum absolute atomic E-state index is 5.47. The van der Waals surface area contributed by atoms with Gasteiger partial charge in [-0.3, -0.25) is 0 Å². The number of H-pyrrole nitrogens is 1. The van der Waals surface area contributed by atoms with E-state index >= 15 is 0 Å². The van der Waals surface area contributed by atoms with Crippen LogP contribution in [0, 0.1) is 36.4 Å². The standard InChI is InChI=1S/C14H22N2S/c1-8-9(2)16(14(17)15-8)10(3)13-7-11-4-5-12(13)6-11/h10-13H,4-7H2,1-3H3,(H,15,17)/t10-,11-,12-,13-/m0/s1. The first-order valence-corrected chi connectivity index (χ1v) is 7.26. The van der Waals surface area contributed by atoms with Gasteiger partial charge in [-0.2, -0.15) is 0 Å². The van der Waals surface area contributed by atoms with Crippen LogP contribution in [0.5, 0.6) is 0 Å². The summed E-state index contributed by atoms with van der Waals surface area (Å²) in [6.45, 7) is 6.67. The van der Waals surface area contributed by atoms with Gasteiger partial charge in [-0.15, -0.1) is 0 Å². The molecule has 94 valence electrons. The molecule has 0 spiro atoms. The molecule has 1 aromatic rings. The van der Waals surface area contributed by atoms with Crippen molar-refractivity contribution in [1.82, 2.24) is 9.55 Å². The molecule has 2 aliphatic rings. The zero-order chi connectivity index (χ0) is 12.2. The van der Waals surface area contributed by atoms with E-state index in [1.807, 2.05) is 0 Å². The van der Waals surface area contributed by atoms with Crippen molar-refractivity contribution >= 4 is 12.2 Å². The zero-order valence-corrected chi connectivity index (χ0v) is 11.8. The van der Waals surface area contributed by atoms with Gasteiger partial charge in [0.2, 0.25) is 0 Å². The van der Waals surface area contributed by atoms with Gasteiger partial charge < -0.3 is 9.55 Å². The van der Waals surface area contributed by atoms with E-state index in [1.165, 1.54) is 37.1 Å². The van der Waals surface area contributed by atoms with E-state index in [9.17, 15) is 0 Å². The van der Waals surface area contributed by atoms with Gasteiger partial charge >= 0.3 is 0 Å². The first-order chi connectivity index (χ1) is 8.08. The largest absolute Gasteiger partial charge is 0.335 e. The topological polar surface area (TPSA) is 20.7 Å². The van der Waals surface area contributed by atoms with Crippen LogP contribution in [0.1, 0.15) is 50.0 Å². The molecule has 1 aromatic heterocycles. The Balaban J connectivity index is 1.91. The molecule has 0 aliphatic heterocycles. The lowest BCUT2D eigenvalue weighted by molar-refractivity contribution is 0.239. The van der Waals surface area contributed by atoms with Gasteiger partial charge in [0.25, 0.3) is 0 Å². The van der Waals surface area contributed by atoms with Crippen molar-refractivity contribution in [2.45, 2.75) is 52.5 Å². The molecule has 2 fully saturated rings. The summed E-state index contributed by atoms with van der Waals surface area (Å²) in [5.74, 6) is 2.84. The van der Waals surface area contributed by atoms with E-state index in [1.54, 1.807) is 0 Å². The van der Waals surface area contributed by atoms with Gasteiger partial charge in [0.1, 0.15) is 0 Å². The first-order valence-electron chi connectivity index (χ1n) is 6.85. The molecular weight excluding hydrogens is 228 g/mol. The number of rotatable bonds is 2. The third-order valence-electron chi connectivity index (χ3n) is 5.24. The SMILES string of the molecule is Cc1[nH]c(=S)n([C@@H](C)[C@@H]2C[C@H]3CC[C@H]2C3)c1C. The van der Waals surface area contributed by atoms with E-state index < -0.39 is 0 Å². The molecule has 1 N–H and O–H groups in total. The average Bonchev–Trinajstić information content (AvgIpc) is 2.94. The molecule has 0 unspecified atom stereocenters. The van der Waals surface area contributed by atoms with E-state index in [2.05, 4.69) is 30.3 Å².